The summed E-state index contributed by atoms with van der Waals surface area (Å²) >= 11 is 6.26. The number of Topliss-reactive ketones (excluding diaryl/α,β-unsaturated/α-hetero) is 1. The molecule has 5 nitrogen and oxygen atoms in total. The smallest absolute Gasteiger partial charge is 0.310 e. The van der Waals surface area contributed by atoms with Gasteiger partial charge >= 0.3 is 5.97 Å². The maximum Gasteiger partial charge on any atom is 0.310 e. The van der Waals surface area contributed by atoms with Gasteiger partial charge in [0.1, 0.15) is 11.5 Å². The SMILES string of the molecule is CCOC(=O)C1CCCN(C2CCC3(C2)C(=O)c2cc(Cl)ccc2Oc2ccccc23)C1. The molecule has 0 N–H and O–H groups in total. The average molecular weight is 454 g/mol. The number of hydrogen-bond donors (Lipinski definition) is 0. The predicted octanol–water partition coefficient (Wildman–Crippen LogP) is 5.39. The van der Waals surface area contributed by atoms with Crippen LogP contribution in [0.3, 0.4) is 0 Å². The van der Waals surface area contributed by atoms with E-state index < -0.39 is 5.41 Å². The Bertz CT molecular complexity index is 1050. The number of halogens is 1. The second kappa shape index (κ2) is 8.53. The maximum absolute atomic E-state index is 14.0. The lowest BCUT2D eigenvalue weighted by molar-refractivity contribution is -0.150. The Morgan fingerprint density at radius 3 is 2.91 bits per heavy atom. The number of fused-ring (bicyclic) bond motifs is 3. The van der Waals surface area contributed by atoms with E-state index in [-0.39, 0.29) is 23.7 Å². The lowest BCUT2D eigenvalue weighted by atomic mass is 9.73. The fourth-order valence-corrected chi connectivity index (χ4v) is 5.96. The van der Waals surface area contributed by atoms with Crippen LogP contribution in [0.5, 0.6) is 11.5 Å². The van der Waals surface area contributed by atoms with Crippen molar-refractivity contribution < 1.29 is 19.1 Å². The van der Waals surface area contributed by atoms with Crippen LogP contribution in [0.2, 0.25) is 5.02 Å². The maximum atomic E-state index is 14.0. The van der Waals surface area contributed by atoms with Crippen LogP contribution in [-0.4, -0.2) is 42.4 Å². The van der Waals surface area contributed by atoms with Gasteiger partial charge in [-0.15, -0.1) is 0 Å². The van der Waals surface area contributed by atoms with Crippen LogP contribution < -0.4 is 4.74 Å². The van der Waals surface area contributed by atoms with Gasteiger partial charge in [0.15, 0.2) is 5.78 Å². The number of rotatable bonds is 3. The van der Waals surface area contributed by atoms with Crippen LogP contribution in [0.4, 0.5) is 0 Å². The molecule has 2 aromatic rings. The van der Waals surface area contributed by atoms with Crippen molar-refractivity contribution in [1.29, 1.82) is 0 Å². The van der Waals surface area contributed by atoms with E-state index in [1.165, 1.54) is 0 Å². The number of ether oxygens (including phenoxy) is 2. The molecule has 1 spiro atoms. The van der Waals surface area contributed by atoms with Crippen molar-refractivity contribution in [1.82, 2.24) is 4.90 Å². The third-order valence-electron chi connectivity index (χ3n) is 7.32. The van der Waals surface area contributed by atoms with Gasteiger partial charge in [-0.25, -0.2) is 0 Å². The molecule has 2 heterocycles. The number of piperidine rings is 1. The lowest BCUT2D eigenvalue weighted by Gasteiger charge is -2.37. The van der Waals surface area contributed by atoms with Crippen LogP contribution in [0, 0.1) is 5.92 Å². The van der Waals surface area contributed by atoms with Crippen molar-refractivity contribution in [2.45, 2.75) is 50.5 Å². The molecule has 2 aliphatic heterocycles. The molecule has 168 valence electrons. The summed E-state index contributed by atoms with van der Waals surface area (Å²) in [5, 5.41) is 0.532. The van der Waals surface area contributed by atoms with E-state index >= 15 is 0 Å². The number of para-hydroxylation sites is 1. The van der Waals surface area contributed by atoms with E-state index in [1.54, 1.807) is 18.2 Å². The molecule has 3 unspecified atom stereocenters. The van der Waals surface area contributed by atoms with E-state index in [1.807, 2.05) is 31.2 Å². The highest BCUT2D eigenvalue weighted by Crippen LogP contribution is 2.52. The number of likely N-dealkylation sites (tertiary alicyclic amines) is 1. The summed E-state index contributed by atoms with van der Waals surface area (Å²) in [6, 6.07) is 13.4. The first-order chi connectivity index (χ1) is 15.5. The zero-order valence-corrected chi connectivity index (χ0v) is 19.1. The first kappa shape index (κ1) is 21.5. The molecule has 1 saturated carbocycles. The topological polar surface area (TPSA) is 55.8 Å². The fourth-order valence-electron chi connectivity index (χ4n) is 5.79. The quantitative estimate of drug-likeness (QED) is 0.583. The van der Waals surface area contributed by atoms with Crippen molar-refractivity contribution in [3.8, 4) is 11.5 Å². The molecule has 5 rings (SSSR count). The van der Waals surface area contributed by atoms with Crippen LogP contribution in [0.15, 0.2) is 42.5 Å². The summed E-state index contributed by atoms with van der Waals surface area (Å²) in [6.07, 6.45) is 4.22. The predicted molar refractivity (Wildman–Crippen MR) is 123 cm³/mol. The van der Waals surface area contributed by atoms with Crippen LogP contribution >= 0.6 is 11.6 Å². The highest BCUT2D eigenvalue weighted by Gasteiger charge is 2.51. The molecule has 0 bridgehead atoms. The number of ketones is 1. The van der Waals surface area contributed by atoms with Crippen molar-refractivity contribution >= 4 is 23.4 Å². The Hall–Kier alpha value is -2.37. The van der Waals surface area contributed by atoms with Crippen molar-refractivity contribution in [2.75, 3.05) is 19.7 Å². The summed E-state index contributed by atoms with van der Waals surface area (Å²) in [5.41, 5.74) is 0.866. The number of carbonyl (C=O) groups is 2. The Balaban J connectivity index is 1.48. The minimum absolute atomic E-state index is 0.0831. The second-order valence-corrected chi connectivity index (χ2v) is 9.57. The monoisotopic (exact) mass is 453 g/mol. The third kappa shape index (κ3) is 3.61. The standard InChI is InChI=1S/C26H28ClNO4/c1-2-31-25(30)17-6-5-13-28(16-17)19-11-12-26(15-19)21-7-3-4-8-23(21)32-22-10-9-18(27)14-20(22)24(26)29/h3-4,7-10,14,17,19H,2,5-6,11-13,15-16H2,1H3. The molecule has 3 aliphatic rings. The van der Waals surface area contributed by atoms with Gasteiger partial charge in [0.05, 0.1) is 23.5 Å². The first-order valence-corrected chi connectivity index (χ1v) is 11.9. The summed E-state index contributed by atoms with van der Waals surface area (Å²) in [6.45, 7) is 3.91. The molecule has 0 aromatic heterocycles. The Labute approximate surface area is 193 Å². The number of hydrogen-bond acceptors (Lipinski definition) is 5. The van der Waals surface area contributed by atoms with Gasteiger partial charge in [-0.1, -0.05) is 29.8 Å². The van der Waals surface area contributed by atoms with Crippen molar-refractivity contribution in [3.05, 3.63) is 58.6 Å². The molecule has 0 radical (unpaired) electrons. The normalized spacial score (nSPS) is 27.4. The Morgan fingerprint density at radius 2 is 2.06 bits per heavy atom. The molecule has 1 aliphatic carbocycles. The fraction of sp³-hybridized carbons (Fsp3) is 0.462. The highest BCUT2D eigenvalue weighted by atomic mass is 35.5. The van der Waals surface area contributed by atoms with E-state index in [9.17, 15) is 9.59 Å². The zero-order valence-electron chi connectivity index (χ0n) is 18.3. The molecule has 3 atom stereocenters. The van der Waals surface area contributed by atoms with Gasteiger partial charge in [-0.2, -0.15) is 0 Å². The summed E-state index contributed by atoms with van der Waals surface area (Å²) in [5.74, 6) is 1.21. The van der Waals surface area contributed by atoms with Crippen molar-refractivity contribution in [3.63, 3.8) is 0 Å². The second-order valence-electron chi connectivity index (χ2n) is 9.13. The number of esters is 1. The van der Waals surface area contributed by atoms with Crippen LogP contribution in [-0.2, 0) is 14.9 Å². The molecule has 2 aromatic carbocycles. The van der Waals surface area contributed by atoms with Crippen LogP contribution in [0.25, 0.3) is 0 Å². The summed E-state index contributed by atoms with van der Waals surface area (Å²) in [7, 11) is 0. The molecule has 6 heteroatoms. The van der Waals surface area contributed by atoms with E-state index in [0.717, 1.165) is 43.5 Å². The Morgan fingerprint density at radius 1 is 1.22 bits per heavy atom. The van der Waals surface area contributed by atoms with Crippen molar-refractivity contribution in [2.24, 2.45) is 5.92 Å². The van der Waals surface area contributed by atoms with Gasteiger partial charge in [0.25, 0.3) is 0 Å². The number of carbonyl (C=O) groups excluding carboxylic acids is 2. The molecule has 0 amide bonds. The molecular formula is C26H28ClNO4. The molecule has 2 fully saturated rings. The minimum atomic E-state index is -0.645. The molecular weight excluding hydrogens is 426 g/mol. The van der Waals surface area contributed by atoms with E-state index in [2.05, 4.69) is 4.90 Å². The highest BCUT2D eigenvalue weighted by molar-refractivity contribution is 6.31. The average Bonchev–Trinajstić information content (AvgIpc) is 3.23. The molecule has 1 saturated heterocycles. The minimum Gasteiger partial charge on any atom is -0.466 e. The largest absolute Gasteiger partial charge is 0.466 e. The summed E-state index contributed by atoms with van der Waals surface area (Å²) < 4.78 is 11.5. The number of nitrogens with zero attached hydrogens (tertiary/aromatic N) is 1. The zero-order chi connectivity index (χ0) is 22.3. The van der Waals surface area contributed by atoms with E-state index in [4.69, 9.17) is 21.1 Å². The van der Waals surface area contributed by atoms with Gasteiger partial charge in [0, 0.05) is 23.2 Å². The Kier molecular flexibility index (Phi) is 5.72. The van der Waals surface area contributed by atoms with Gasteiger partial charge in [-0.3, -0.25) is 14.5 Å². The lowest BCUT2D eigenvalue weighted by Crippen LogP contribution is -2.45. The van der Waals surface area contributed by atoms with Gasteiger partial charge in [-0.05, 0) is 69.8 Å². The van der Waals surface area contributed by atoms with E-state index in [0.29, 0.717) is 35.9 Å². The summed E-state index contributed by atoms with van der Waals surface area (Å²) in [4.78, 5) is 28.8. The van der Waals surface area contributed by atoms with Crippen LogP contribution in [0.1, 0.15) is 54.9 Å². The number of benzene rings is 2. The molecule has 32 heavy (non-hydrogen) atoms. The van der Waals surface area contributed by atoms with Gasteiger partial charge in [0.2, 0.25) is 0 Å². The third-order valence-corrected chi connectivity index (χ3v) is 7.56. The van der Waals surface area contributed by atoms with Gasteiger partial charge < -0.3 is 9.47 Å². The first-order valence-electron chi connectivity index (χ1n) is 11.5.